The van der Waals surface area contributed by atoms with Crippen LogP contribution in [0, 0.1) is 17.2 Å². The van der Waals surface area contributed by atoms with Crippen LogP contribution >= 0.6 is 0 Å². The van der Waals surface area contributed by atoms with Crippen LogP contribution in [0.15, 0.2) is 29.4 Å². The Balaban J connectivity index is 1.81. The number of nitriles is 1. The van der Waals surface area contributed by atoms with Crippen molar-refractivity contribution in [2.75, 3.05) is 0 Å². The highest BCUT2D eigenvalue weighted by Gasteiger charge is 2.11. The molecular formula is C15H17N2O. The zero-order valence-electron chi connectivity index (χ0n) is 10.4. The largest absolute Gasteiger partial charge is 0.391 e. The Kier molecular flexibility index (Phi) is 4.78. The van der Waals surface area contributed by atoms with E-state index in [1.807, 2.05) is 18.2 Å². The third kappa shape index (κ3) is 3.59. The predicted molar refractivity (Wildman–Crippen MR) is 70.0 cm³/mol. The lowest BCUT2D eigenvalue weighted by Gasteiger charge is -2.15. The van der Waals surface area contributed by atoms with Gasteiger partial charge in [-0.05, 0) is 18.9 Å². The minimum Gasteiger partial charge on any atom is -0.391 e. The van der Waals surface area contributed by atoms with E-state index < -0.39 is 0 Å². The molecular weight excluding hydrogens is 224 g/mol. The minimum absolute atomic E-state index is 0.337. The van der Waals surface area contributed by atoms with Crippen molar-refractivity contribution in [1.29, 1.82) is 5.26 Å². The van der Waals surface area contributed by atoms with Crippen molar-refractivity contribution < 1.29 is 4.84 Å². The van der Waals surface area contributed by atoms with Crippen LogP contribution in [0.4, 0.5) is 0 Å². The third-order valence-electron chi connectivity index (χ3n) is 3.26. The fourth-order valence-electron chi connectivity index (χ4n) is 2.20. The molecule has 0 unspecified atom stereocenters. The van der Waals surface area contributed by atoms with E-state index in [2.05, 4.69) is 17.4 Å². The first kappa shape index (κ1) is 12.6. The SMILES string of the molecule is N#Cc1ccccc1CO/N=[C]\C1CCCCC1. The van der Waals surface area contributed by atoms with Gasteiger partial charge < -0.3 is 4.84 Å². The number of benzene rings is 1. The first-order chi connectivity index (χ1) is 8.90. The van der Waals surface area contributed by atoms with Crippen LogP contribution in [-0.4, -0.2) is 6.21 Å². The summed E-state index contributed by atoms with van der Waals surface area (Å²) in [6.45, 7) is 0.337. The van der Waals surface area contributed by atoms with Crippen molar-refractivity contribution >= 4 is 6.21 Å². The molecule has 1 aromatic carbocycles. The fourth-order valence-corrected chi connectivity index (χ4v) is 2.20. The molecule has 3 heteroatoms. The maximum absolute atomic E-state index is 8.93. The van der Waals surface area contributed by atoms with Gasteiger partial charge in [0.1, 0.15) is 12.8 Å². The summed E-state index contributed by atoms with van der Waals surface area (Å²) in [6, 6.07) is 9.56. The van der Waals surface area contributed by atoms with E-state index in [9.17, 15) is 0 Å². The molecule has 1 fully saturated rings. The van der Waals surface area contributed by atoms with E-state index in [0.717, 1.165) is 5.56 Å². The summed E-state index contributed by atoms with van der Waals surface area (Å²) in [5.41, 5.74) is 1.51. The van der Waals surface area contributed by atoms with Gasteiger partial charge in [-0.3, -0.25) is 0 Å². The van der Waals surface area contributed by atoms with Crippen LogP contribution in [0.1, 0.15) is 43.2 Å². The van der Waals surface area contributed by atoms with Gasteiger partial charge in [-0.15, -0.1) is 0 Å². The molecule has 1 saturated carbocycles. The highest BCUT2D eigenvalue weighted by Crippen LogP contribution is 2.21. The van der Waals surface area contributed by atoms with Crippen LogP contribution in [-0.2, 0) is 11.4 Å². The summed E-state index contributed by atoms with van der Waals surface area (Å²) in [4.78, 5) is 5.23. The maximum atomic E-state index is 8.93. The second-order valence-electron chi connectivity index (χ2n) is 4.60. The molecule has 1 radical (unpaired) electrons. The zero-order valence-corrected chi connectivity index (χ0v) is 10.4. The molecule has 0 amide bonds. The number of hydrogen-bond donors (Lipinski definition) is 0. The Labute approximate surface area is 108 Å². The maximum Gasteiger partial charge on any atom is 0.143 e. The van der Waals surface area contributed by atoms with Gasteiger partial charge in [0.25, 0.3) is 0 Å². The van der Waals surface area contributed by atoms with E-state index in [1.165, 1.54) is 32.1 Å². The van der Waals surface area contributed by atoms with E-state index in [-0.39, 0.29) is 0 Å². The van der Waals surface area contributed by atoms with Crippen molar-refractivity contribution in [3.05, 3.63) is 35.4 Å². The van der Waals surface area contributed by atoms with Crippen molar-refractivity contribution in [2.24, 2.45) is 11.1 Å². The summed E-state index contributed by atoms with van der Waals surface area (Å²) in [7, 11) is 0. The van der Waals surface area contributed by atoms with Crippen LogP contribution in [0.2, 0.25) is 0 Å². The number of hydrogen-bond acceptors (Lipinski definition) is 3. The van der Waals surface area contributed by atoms with Gasteiger partial charge in [0.15, 0.2) is 0 Å². The van der Waals surface area contributed by atoms with E-state index in [1.54, 1.807) is 6.07 Å². The third-order valence-corrected chi connectivity index (χ3v) is 3.26. The number of nitrogens with zero attached hydrogens (tertiary/aromatic N) is 2. The standard InChI is InChI=1S/C15H17N2O/c16-10-14-8-4-5-9-15(14)12-18-17-11-13-6-2-1-3-7-13/h4-5,8-9,13H,1-3,6-7,12H2. The Hall–Kier alpha value is -1.82. The van der Waals surface area contributed by atoms with Crippen LogP contribution in [0.3, 0.4) is 0 Å². The predicted octanol–water partition coefficient (Wildman–Crippen LogP) is 3.52. The Morgan fingerprint density at radius 1 is 1.22 bits per heavy atom. The van der Waals surface area contributed by atoms with Crippen molar-refractivity contribution in [1.82, 2.24) is 0 Å². The highest BCUT2D eigenvalue weighted by molar-refractivity contribution is 5.59. The number of rotatable bonds is 4. The van der Waals surface area contributed by atoms with Crippen LogP contribution in [0.25, 0.3) is 0 Å². The lowest BCUT2D eigenvalue weighted by atomic mass is 9.90. The lowest BCUT2D eigenvalue weighted by molar-refractivity contribution is 0.130. The Bertz CT molecular complexity index is 442. The van der Waals surface area contributed by atoms with Crippen LogP contribution in [0.5, 0.6) is 0 Å². The van der Waals surface area contributed by atoms with Gasteiger partial charge in [0, 0.05) is 11.5 Å². The monoisotopic (exact) mass is 241 g/mol. The van der Waals surface area contributed by atoms with Crippen LogP contribution < -0.4 is 0 Å². The summed E-state index contributed by atoms with van der Waals surface area (Å²) < 4.78 is 0. The minimum atomic E-state index is 0.337. The topological polar surface area (TPSA) is 45.4 Å². The molecule has 0 aromatic heterocycles. The highest BCUT2D eigenvalue weighted by atomic mass is 16.6. The first-order valence-electron chi connectivity index (χ1n) is 6.45. The molecule has 2 rings (SSSR count). The van der Waals surface area contributed by atoms with E-state index in [0.29, 0.717) is 18.1 Å². The lowest BCUT2D eigenvalue weighted by Crippen LogP contribution is -2.07. The molecule has 0 spiro atoms. The first-order valence-corrected chi connectivity index (χ1v) is 6.45. The Morgan fingerprint density at radius 3 is 2.78 bits per heavy atom. The van der Waals surface area contributed by atoms with Gasteiger partial charge in [-0.1, -0.05) is 42.6 Å². The van der Waals surface area contributed by atoms with Crippen molar-refractivity contribution in [2.45, 2.75) is 38.7 Å². The second-order valence-corrected chi connectivity index (χ2v) is 4.60. The molecule has 93 valence electrons. The normalized spacial score (nSPS) is 16.6. The molecule has 0 N–H and O–H groups in total. The van der Waals surface area contributed by atoms with Crippen molar-refractivity contribution in [3.8, 4) is 6.07 Å². The quantitative estimate of drug-likeness (QED) is 0.598. The van der Waals surface area contributed by atoms with Crippen molar-refractivity contribution in [3.63, 3.8) is 0 Å². The molecule has 1 aliphatic carbocycles. The summed E-state index contributed by atoms with van der Waals surface area (Å²) in [5.74, 6) is 0.449. The molecule has 1 aromatic rings. The summed E-state index contributed by atoms with van der Waals surface area (Å²) >= 11 is 0. The molecule has 0 atom stereocenters. The molecule has 0 bridgehead atoms. The molecule has 0 saturated heterocycles. The fraction of sp³-hybridized carbons (Fsp3) is 0.467. The van der Waals surface area contributed by atoms with E-state index in [4.69, 9.17) is 10.1 Å². The average molecular weight is 241 g/mol. The molecule has 0 aliphatic heterocycles. The average Bonchev–Trinajstić information content (AvgIpc) is 2.45. The van der Waals surface area contributed by atoms with Gasteiger partial charge in [0.2, 0.25) is 0 Å². The molecule has 0 heterocycles. The van der Waals surface area contributed by atoms with Gasteiger partial charge in [0.05, 0.1) is 11.6 Å². The van der Waals surface area contributed by atoms with Gasteiger partial charge in [-0.2, -0.15) is 5.26 Å². The summed E-state index contributed by atoms with van der Waals surface area (Å²) in [5, 5.41) is 12.8. The second kappa shape index (κ2) is 6.80. The zero-order chi connectivity index (χ0) is 12.6. The Morgan fingerprint density at radius 2 is 2.00 bits per heavy atom. The van der Waals surface area contributed by atoms with Gasteiger partial charge >= 0.3 is 0 Å². The van der Waals surface area contributed by atoms with E-state index >= 15 is 0 Å². The van der Waals surface area contributed by atoms with Gasteiger partial charge in [-0.25, -0.2) is 0 Å². The smallest absolute Gasteiger partial charge is 0.143 e. The molecule has 3 nitrogen and oxygen atoms in total. The molecule has 1 aliphatic rings. The summed E-state index contributed by atoms with van der Waals surface area (Å²) in [6.07, 6.45) is 9.25. The molecule has 18 heavy (non-hydrogen) atoms.